The van der Waals surface area contributed by atoms with Crippen LogP contribution in [0.25, 0.3) is 0 Å². The largest absolute Gasteiger partial charge is 0.497 e. The third kappa shape index (κ3) is 3.88. The Morgan fingerprint density at radius 1 is 1.16 bits per heavy atom. The number of benzene rings is 1. The van der Waals surface area contributed by atoms with Crippen molar-refractivity contribution in [2.75, 3.05) is 21.3 Å². The molecule has 0 aliphatic heterocycles. The number of rotatable bonds is 6. The van der Waals surface area contributed by atoms with Crippen LogP contribution in [0, 0.1) is 11.8 Å². The molecular weight excluding hydrogens is 244 g/mol. The second-order valence-electron chi connectivity index (χ2n) is 4.76. The van der Waals surface area contributed by atoms with Crippen LogP contribution in [0.15, 0.2) is 18.2 Å². The van der Waals surface area contributed by atoms with E-state index >= 15 is 0 Å². The maximum absolute atomic E-state index is 11.8. The van der Waals surface area contributed by atoms with Crippen molar-refractivity contribution in [3.63, 3.8) is 0 Å². The smallest absolute Gasteiger partial charge is 0.309 e. The number of carbonyl (C=O) groups excluding carboxylic acids is 1. The van der Waals surface area contributed by atoms with Crippen LogP contribution in [0.1, 0.15) is 19.4 Å². The van der Waals surface area contributed by atoms with Crippen LogP contribution in [0.5, 0.6) is 11.5 Å². The highest BCUT2D eigenvalue weighted by molar-refractivity contribution is 5.73. The van der Waals surface area contributed by atoms with E-state index in [0.29, 0.717) is 6.42 Å². The first kappa shape index (κ1) is 15.3. The minimum absolute atomic E-state index is 0.174. The molecule has 0 aromatic heterocycles. The fourth-order valence-corrected chi connectivity index (χ4v) is 2.00. The molecule has 1 aromatic carbocycles. The zero-order valence-corrected chi connectivity index (χ0v) is 12.2. The van der Waals surface area contributed by atoms with Crippen LogP contribution in [0.4, 0.5) is 0 Å². The molecule has 0 radical (unpaired) electrons. The van der Waals surface area contributed by atoms with Gasteiger partial charge in [0.1, 0.15) is 11.5 Å². The first-order chi connectivity index (χ1) is 9.03. The van der Waals surface area contributed by atoms with Crippen LogP contribution in [0.3, 0.4) is 0 Å². The Bertz CT molecular complexity index is 426. The fourth-order valence-electron chi connectivity index (χ4n) is 2.00. The van der Waals surface area contributed by atoms with Gasteiger partial charge in [0.2, 0.25) is 0 Å². The van der Waals surface area contributed by atoms with Crippen molar-refractivity contribution in [1.82, 2.24) is 0 Å². The SMILES string of the molecule is COC(=O)C(Cc1ccc(OC)cc1OC)C(C)C. The molecule has 0 spiro atoms. The molecule has 0 N–H and O–H groups in total. The van der Waals surface area contributed by atoms with Crippen molar-refractivity contribution in [1.29, 1.82) is 0 Å². The van der Waals surface area contributed by atoms with Crippen molar-refractivity contribution in [3.8, 4) is 11.5 Å². The van der Waals surface area contributed by atoms with Gasteiger partial charge in [-0.05, 0) is 24.0 Å². The first-order valence-electron chi connectivity index (χ1n) is 6.32. The molecule has 4 nitrogen and oxygen atoms in total. The normalized spacial score (nSPS) is 12.1. The van der Waals surface area contributed by atoms with Gasteiger partial charge < -0.3 is 14.2 Å². The maximum atomic E-state index is 11.8. The summed E-state index contributed by atoms with van der Waals surface area (Å²) in [5.41, 5.74) is 0.979. The van der Waals surface area contributed by atoms with Crippen LogP contribution >= 0.6 is 0 Å². The van der Waals surface area contributed by atoms with Gasteiger partial charge in [-0.25, -0.2) is 0 Å². The molecular formula is C15H22O4. The van der Waals surface area contributed by atoms with Crippen LogP contribution in [-0.2, 0) is 16.0 Å². The fraction of sp³-hybridized carbons (Fsp3) is 0.533. The Morgan fingerprint density at radius 3 is 2.32 bits per heavy atom. The summed E-state index contributed by atoms with van der Waals surface area (Å²) in [6.45, 7) is 4.02. The van der Waals surface area contributed by atoms with E-state index < -0.39 is 0 Å². The van der Waals surface area contributed by atoms with Gasteiger partial charge in [0, 0.05) is 6.07 Å². The lowest BCUT2D eigenvalue weighted by atomic mass is 9.89. The molecule has 106 valence electrons. The average Bonchev–Trinajstić information content (AvgIpc) is 2.43. The molecule has 0 amide bonds. The molecule has 1 aromatic rings. The predicted octanol–water partition coefficient (Wildman–Crippen LogP) is 2.69. The lowest BCUT2D eigenvalue weighted by molar-refractivity contribution is -0.146. The summed E-state index contributed by atoms with van der Waals surface area (Å²) in [6, 6.07) is 5.62. The predicted molar refractivity (Wildman–Crippen MR) is 73.6 cm³/mol. The van der Waals surface area contributed by atoms with Gasteiger partial charge in [0.05, 0.1) is 27.2 Å². The standard InChI is InChI=1S/C15H22O4/c1-10(2)13(15(16)19-5)8-11-6-7-12(17-3)9-14(11)18-4/h6-7,9-10,13H,8H2,1-5H3. The number of methoxy groups -OCH3 is 3. The number of carbonyl (C=O) groups is 1. The summed E-state index contributed by atoms with van der Waals surface area (Å²) >= 11 is 0. The van der Waals surface area contributed by atoms with E-state index in [-0.39, 0.29) is 17.8 Å². The van der Waals surface area contributed by atoms with Gasteiger partial charge in [-0.3, -0.25) is 4.79 Å². The van der Waals surface area contributed by atoms with Gasteiger partial charge in [-0.2, -0.15) is 0 Å². The Kier molecular flexibility index (Phi) is 5.67. The van der Waals surface area contributed by atoms with Gasteiger partial charge in [0.15, 0.2) is 0 Å². The summed E-state index contributed by atoms with van der Waals surface area (Å²) in [7, 11) is 4.64. The summed E-state index contributed by atoms with van der Waals surface area (Å²) in [4.78, 5) is 11.8. The van der Waals surface area contributed by atoms with Crippen molar-refractivity contribution in [3.05, 3.63) is 23.8 Å². The van der Waals surface area contributed by atoms with Crippen LogP contribution in [0.2, 0.25) is 0 Å². The lowest BCUT2D eigenvalue weighted by Gasteiger charge is -2.19. The van der Waals surface area contributed by atoms with Crippen molar-refractivity contribution in [2.24, 2.45) is 11.8 Å². The van der Waals surface area contributed by atoms with Gasteiger partial charge >= 0.3 is 5.97 Å². The van der Waals surface area contributed by atoms with Gasteiger partial charge in [-0.1, -0.05) is 19.9 Å². The Balaban J connectivity index is 2.99. The van der Waals surface area contributed by atoms with Crippen molar-refractivity contribution < 1.29 is 19.0 Å². The highest BCUT2D eigenvalue weighted by Crippen LogP contribution is 2.29. The molecule has 0 saturated heterocycles. The average molecular weight is 266 g/mol. The quantitative estimate of drug-likeness (QED) is 0.743. The summed E-state index contributed by atoms with van der Waals surface area (Å²) in [6.07, 6.45) is 0.595. The number of esters is 1. The van der Waals surface area contributed by atoms with Crippen molar-refractivity contribution in [2.45, 2.75) is 20.3 Å². The molecule has 0 aliphatic carbocycles. The zero-order valence-electron chi connectivity index (χ0n) is 12.2. The van der Waals surface area contributed by atoms with Crippen LogP contribution in [-0.4, -0.2) is 27.3 Å². The first-order valence-corrected chi connectivity index (χ1v) is 6.32. The lowest BCUT2D eigenvalue weighted by Crippen LogP contribution is -2.24. The van der Waals surface area contributed by atoms with E-state index in [1.165, 1.54) is 7.11 Å². The minimum Gasteiger partial charge on any atom is -0.497 e. The molecule has 1 unspecified atom stereocenters. The topological polar surface area (TPSA) is 44.8 Å². The molecule has 4 heteroatoms. The molecule has 0 bridgehead atoms. The number of hydrogen-bond acceptors (Lipinski definition) is 4. The maximum Gasteiger partial charge on any atom is 0.309 e. The number of ether oxygens (including phenoxy) is 3. The second-order valence-corrected chi connectivity index (χ2v) is 4.76. The van der Waals surface area contributed by atoms with Crippen molar-refractivity contribution >= 4 is 5.97 Å². The van der Waals surface area contributed by atoms with E-state index in [2.05, 4.69) is 0 Å². The molecule has 1 atom stereocenters. The summed E-state index contributed by atoms with van der Waals surface area (Å²) < 4.78 is 15.4. The Hall–Kier alpha value is -1.71. The van der Waals surface area contributed by atoms with Gasteiger partial charge in [-0.15, -0.1) is 0 Å². The molecule has 19 heavy (non-hydrogen) atoms. The van der Waals surface area contributed by atoms with E-state index in [1.807, 2.05) is 32.0 Å². The summed E-state index contributed by atoms with van der Waals surface area (Å²) in [5.74, 6) is 1.31. The highest BCUT2D eigenvalue weighted by atomic mass is 16.5. The molecule has 1 rings (SSSR count). The second kappa shape index (κ2) is 7.02. The van der Waals surface area contributed by atoms with E-state index in [0.717, 1.165) is 17.1 Å². The molecule has 0 fully saturated rings. The minimum atomic E-state index is -0.187. The van der Waals surface area contributed by atoms with E-state index in [9.17, 15) is 4.79 Å². The molecule has 0 aliphatic rings. The van der Waals surface area contributed by atoms with Crippen LogP contribution < -0.4 is 9.47 Å². The highest BCUT2D eigenvalue weighted by Gasteiger charge is 2.24. The summed E-state index contributed by atoms with van der Waals surface area (Å²) in [5, 5.41) is 0. The molecule has 0 saturated carbocycles. The van der Waals surface area contributed by atoms with E-state index in [1.54, 1.807) is 14.2 Å². The molecule has 0 heterocycles. The zero-order chi connectivity index (χ0) is 14.4. The Labute approximate surface area is 114 Å². The third-order valence-corrected chi connectivity index (χ3v) is 3.24. The van der Waals surface area contributed by atoms with E-state index in [4.69, 9.17) is 14.2 Å². The third-order valence-electron chi connectivity index (χ3n) is 3.24. The number of hydrogen-bond donors (Lipinski definition) is 0. The monoisotopic (exact) mass is 266 g/mol. The Morgan fingerprint density at radius 2 is 1.84 bits per heavy atom. The van der Waals surface area contributed by atoms with Gasteiger partial charge in [0.25, 0.3) is 0 Å².